The number of alkyl halides is 3. The van der Waals surface area contributed by atoms with E-state index in [-0.39, 0.29) is 29.1 Å². The van der Waals surface area contributed by atoms with E-state index in [0.717, 1.165) is 19.3 Å². The fraction of sp³-hybridized carbons (Fsp3) is 0.923. The van der Waals surface area contributed by atoms with Crippen molar-refractivity contribution in [2.24, 2.45) is 40.4 Å². The van der Waals surface area contributed by atoms with Gasteiger partial charge in [-0.05, 0) is 93.3 Å². The normalized spacial score (nSPS) is 40.9. The third kappa shape index (κ3) is 5.42. The summed E-state index contributed by atoms with van der Waals surface area (Å²) in [5.41, 5.74) is 0.316. The van der Waals surface area contributed by atoms with Gasteiger partial charge in [-0.25, -0.2) is 4.79 Å². The molecule has 4 saturated carbocycles. The Morgan fingerprint density at radius 2 is 1.60 bits per heavy atom. The zero-order valence-corrected chi connectivity index (χ0v) is 21.3. The fourth-order valence-electron chi connectivity index (χ4n) is 8.00. The highest BCUT2D eigenvalue weighted by Crippen LogP contribution is 2.66. The van der Waals surface area contributed by atoms with Crippen molar-refractivity contribution in [3.63, 3.8) is 0 Å². The summed E-state index contributed by atoms with van der Waals surface area (Å²) in [6.07, 6.45) is 2.94. The molecule has 0 radical (unpaired) electrons. The van der Waals surface area contributed by atoms with E-state index in [9.17, 15) is 23.1 Å². The van der Waals surface area contributed by atoms with E-state index in [4.69, 9.17) is 19.4 Å². The second kappa shape index (κ2) is 10.7. The van der Waals surface area contributed by atoms with Crippen LogP contribution in [-0.4, -0.2) is 53.7 Å². The number of hydrogen-bond acceptors (Lipinski definition) is 5. The molecule has 8 atom stereocenters. The molecule has 0 aromatic heterocycles. The van der Waals surface area contributed by atoms with Crippen molar-refractivity contribution in [1.29, 1.82) is 0 Å². The van der Waals surface area contributed by atoms with Gasteiger partial charge < -0.3 is 19.7 Å². The minimum atomic E-state index is -5.08. The highest BCUT2D eigenvalue weighted by atomic mass is 19.4. The van der Waals surface area contributed by atoms with Gasteiger partial charge in [0, 0.05) is 19.6 Å². The molecule has 4 aliphatic rings. The van der Waals surface area contributed by atoms with Gasteiger partial charge in [0.05, 0.1) is 12.0 Å². The van der Waals surface area contributed by atoms with Crippen LogP contribution in [0.4, 0.5) is 13.2 Å². The Hall–Kier alpha value is -1.19. The van der Waals surface area contributed by atoms with E-state index in [0.29, 0.717) is 49.1 Å². The molecule has 202 valence electrons. The second-order valence-corrected chi connectivity index (χ2v) is 11.4. The standard InChI is InChI=1S/C24H40O4.C2HF3O2/c1-5-27-22(28-6-2)17-14-24(4)15(13-20(17)25)7-8-16-18-9-10-21(26)23(18,3)12-11-19(16)24;3-2(4,5)1(6)7/h15-19,21-22,26H,5-14H2,1-4H3;(H,6,7)/t15-,16-,17+,18-,19-,21+,23-,24-;/m0./s1. The van der Waals surface area contributed by atoms with Gasteiger partial charge >= 0.3 is 12.1 Å². The lowest BCUT2D eigenvalue weighted by atomic mass is 9.44. The van der Waals surface area contributed by atoms with E-state index in [2.05, 4.69) is 13.8 Å². The van der Waals surface area contributed by atoms with Crippen LogP contribution in [0, 0.1) is 40.4 Å². The molecular formula is C26H41F3O6. The zero-order valence-electron chi connectivity index (χ0n) is 21.3. The lowest BCUT2D eigenvalue weighted by Gasteiger charge is -2.61. The first kappa shape index (κ1) is 28.4. The Balaban J connectivity index is 0.000000429. The number of aliphatic hydroxyl groups is 1. The van der Waals surface area contributed by atoms with Crippen molar-refractivity contribution in [2.75, 3.05) is 13.2 Å². The average molecular weight is 507 g/mol. The molecule has 0 unspecified atom stereocenters. The van der Waals surface area contributed by atoms with E-state index in [1.54, 1.807) is 0 Å². The predicted octanol–water partition coefficient (Wildman–Crippen LogP) is 5.22. The number of Topliss-reactive ketones (excluding diaryl/α,β-unsaturated/α-hetero) is 1. The second-order valence-electron chi connectivity index (χ2n) is 11.4. The van der Waals surface area contributed by atoms with Crippen LogP contribution in [-0.2, 0) is 19.1 Å². The van der Waals surface area contributed by atoms with Crippen molar-refractivity contribution >= 4 is 11.8 Å². The molecule has 2 N–H and O–H groups in total. The smallest absolute Gasteiger partial charge is 0.475 e. The average Bonchev–Trinajstić information content (AvgIpc) is 3.08. The number of carbonyl (C=O) groups is 2. The molecule has 0 aliphatic heterocycles. The molecule has 4 aliphatic carbocycles. The van der Waals surface area contributed by atoms with Crippen molar-refractivity contribution < 1.29 is 42.4 Å². The van der Waals surface area contributed by atoms with Crippen molar-refractivity contribution in [3.8, 4) is 0 Å². The fourth-order valence-corrected chi connectivity index (χ4v) is 8.00. The van der Waals surface area contributed by atoms with Crippen LogP contribution >= 0.6 is 0 Å². The Bertz CT molecular complexity index is 767. The number of ether oxygens (including phenoxy) is 2. The van der Waals surface area contributed by atoms with Crippen LogP contribution < -0.4 is 0 Å². The monoisotopic (exact) mass is 506 g/mol. The number of hydrogen-bond donors (Lipinski definition) is 2. The molecule has 0 amide bonds. The molecule has 0 aromatic rings. The first-order valence-corrected chi connectivity index (χ1v) is 13.0. The number of rotatable bonds is 5. The van der Waals surface area contributed by atoms with E-state index in [1.165, 1.54) is 25.7 Å². The van der Waals surface area contributed by atoms with Crippen LogP contribution in [0.25, 0.3) is 0 Å². The molecular weight excluding hydrogens is 465 g/mol. The first-order valence-electron chi connectivity index (χ1n) is 13.0. The Morgan fingerprint density at radius 1 is 1.03 bits per heavy atom. The summed E-state index contributed by atoms with van der Waals surface area (Å²) >= 11 is 0. The maximum absolute atomic E-state index is 13.0. The van der Waals surface area contributed by atoms with Gasteiger partial charge in [0.25, 0.3) is 0 Å². The third-order valence-corrected chi connectivity index (χ3v) is 9.77. The molecule has 4 fully saturated rings. The van der Waals surface area contributed by atoms with Crippen LogP contribution in [0.15, 0.2) is 0 Å². The summed E-state index contributed by atoms with van der Waals surface area (Å²) in [4.78, 5) is 21.9. The van der Waals surface area contributed by atoms with Gasteiger partial charge in [0.2, 0.25) is 0 Å². The van der Waals surface area contributed by atoms with Crippen LogP contribution in [0.3, 0.4) is 0 Å². The minimum absolute atomic E-state index is 0.118. The minimum Gasteiger partial charge on any atom is -0.475 e. The first-order chi connectivity index (χ1) is 16.3. The Kier molecular flexibility index (Phi) is 8.64. The number of ketones is 1. The maximum Gasteiger partial charge on any atom is 0.490 e. The SMILES string of the molecule is CCOC(OCC)[C@@H]1C[C@@]2(C)[C@@H](CC[C@@H]3[C@@H]2CC[C@]2(C)[C@H](O)CC[C@@H]32)CC1=O.O=C(O)C(F)(F)F. The number of aliphatic carboxylic acids is 1. The van der Waals surface area contributed by atoms with E-state index in [1.807, 2.05) is 13.8 Å². The Labute approximate surface area is 205 Å². The van der Waals surface area contributed by atoms with Crippen LogP contribution in [0.1, 0.15) is 79.1 Å². The largest absolute Gasteiger partial charge is 0.490 e. The molecule has 4 rings (SSSR count). The summed E-state index contributed by atoms with van der Waals surface area (Å²) in [5, 5.41) is 17.8. The topological polar surface area (TPSA) is 93.1 Å². The van der Waals surface area contributed by atoms with E-state index >= 15 is 0 Å². The zero-order chi connectivity index (χ0) is 26.2. The number of fused-ring (bicyclic) bond motifs is 5. The number of aliphatic hydroxyl groups excluding tert-OH is 1. The summed E-state index contributed by atoms with van der Waals surface area (Å²) in [7, 11) is 0. The highest BCUT2D eigenvalue weighted by molar-refractivity contribution is 5.82. The molecule has 0 bridgehead atoms. The van der Waals surface area contributed by atoms with Crippen LogP contribution in [0.2, 0.25) is 0 Å². The summed E-state index contributed by atoms with van der Waals surface area (Å²) in [6, 6.07) is 0. The summed E-state index contributed by atoms with van der Waals surface area (Å²) in [5.74, 6) is 0.0270. The van der Waals surface area contributed by atoms with Gasteiger partial charge in [-0.2, -0.15) is 13.2 Å². The van der Waals surface area contributed by atoms with Gasteiger partial charge in [-0.3, -0.25) is 4.79 Å². The van der Waals surface area contributed by atoms with E-state index < -0.39 is 12.1 Å². The van der Waals surface area contributed by atoms with Gasteiger partial charge in [0.1, 0.15) is 5.78 Å². The van der Waals surface area contributed by atoms with Gasteiger partial charge in [0.15, 0.2) is 6.29 Å². The Morgan fingerprint density at radius 3 is 2.14 bits per heavy atom. The molecule has 6 nitrogen and oxygen atoms in total. The van der Waals surface area contributed by atoms with Crippen molar-refractivity contribution in [2.45, 2.75) is 97.6 Å². The summed E-state index contributed by atoms with van der Waals surface area (Å²) in [6.45, 7) is 9.93. The van der Waals surface area contributed by atoms with Crippen molar-refractivity contribution in [3.05, 3.63) is 0 Å². The predicted molar refractivity (Wildman–Crippen MR) is 122 cm³/mol. The number of halogens is 3. The van der Waals surface area contributed by atoms with Crippen molar-refractivity contribution in [1.82, 2.24) is 0 Å². The van der Waals surface area contributed by atoms with Gasteiger partial charge in [-0.15, -0.1) is 0 Å². The molecule has 0 aromatic carbocycles. The maximum atomic E-state index is 13.0. The molecule has 0 heterocycles. The number of carbonyl (C=O) groups excluding carboxylic acids is 1. The van der Waals surface area contributed by atoms with Gasteiger partial charge in [-0.1, -0.05) is 13.8 Å². The lowest BCUT2D eigenvalue weighted by molar-refractivity contribution is -0.200. The quantitative estimate of drug-likeness (QED) is 0.497. The lowest BCUT2D eigenvalue weighted by Crippen LogP contribution is -2.56. The molecule has 0 saturated heterocycles. The highest BCUT2D eigenvalue weighted by Gasteiger charge is 2.61. The number of carboxylic acids is 1. The molecule has 0 spiro atoms. The number of carboxylic acid groups (broad SMARTS) is 1. The third-order valence-electron chi connectivity index (χ3n) is 9.77. The molecule has 9 heteroatoms. The summed E-state index contributed by atoms with van der Waals surface area (Å²) < 4.78 is 43.5. The van der Waals surface area contributed by atoms with Crippen LogP contribution in [0.5, 0.6) is 0 Å². The molecule has 35 heavy (non-hydrogen) atoms.